The Bertz CT molecular complexity index is 1440. The summed E-state index contributed by atoms with van der Waals surface area (Å²) in [6.45, 7) is 10.1. The number of nitrogens with one attached hydrogen (secondary N) is 1. The molecule has 0 radical (unpaired) electrons. The summed E-state index contributed by atoms with van der Waals surface area (Å²) >= 11 is 0. The van der Waals surface area contributed by atoms with Crippen molar-refractivity contribution in [2.24, 2.45) is 17.8 Å². The molecule has 2 heterocycles. The Morgan fingerprint density at radius 3 is 2.49 bits per heavy atom. The Balaban J connectivity index is 1.30. The number of rotatable bonds is 5. The first-order valence-electron chi connectivity index (χ1n) is 14.2. The standard InChI is InChI=1S/C32H37FN4O4/c1-17-18(2)27-14-25(17)28(37(27)31(40)41-32(3,4)5)29(38)35-23(15-34)12-21-8-7-20(13-26(21)33)19-9-10-24-22(11-19)16-36(6)30(24)39/h7-11,13,17-18,23,25,27-28H,12,14,16H2,1-6H3,(H,35,38)/t17-,18+,23+,25-,27+,28+/m1/s1. The van der Waals surface area contributed by atoms with E-state index in [0.29, 0.717) is 29.7 Å². The number of amides is 3. The van der Waals surface area contributed by atoms with E-state index in [0.717, 1.165) is 11.1 Å². The smallest absolute Gasteiger partial charge is 0.411 e. The van der Waals surface area contributed by atoms with Crippen LogP contribution in [0.2, 0.25) is 0 Å². The number of nitriles is 1. The Morgan fingerprint density at radius 1 is 1.15 bits per heavy atom. The largest absolute Gasteiger partial charge is 0.444 e. The van der Waals surface area contributed by atoms with Crippen molar-refractivity contribution in [3.63, 3.8) is 0 Å². The van der Waals surface area contributed by atoms with E-state index < -0.39 is 35.5 Å². The number of fused-ring (bicyclic) bond motifs is 3. The minimum Gasteiger partial charge on any atom is -0.444 e. The second-order valence-corrected chi connectivity index (χ2v) is 12.8. The summed E-state index contributed by atoms with van der Waals surface area (Å²) < 4.78 is 20.9. The molecule has 1 N–H and O–H groups in total. The molecule has 0 spiro atoms. The van der Waals surface area contributed by atoms with Gasteiger partial charge in [0.2, 0.25) is 5.91 Å². The first-order valence-corrected chi connectivity index (χ1v) is 14.2. The lowest BCUT2D eigenvalue weighted by Crippen LogP contribution is -2.58. The summed E-state index contributed by atoms with van der Waals surface area (Å²) in [5, 5.41) is 12.6. The molecule has 2 aromatic carbocycles. The fourth-order valence-electron chi connectivity index (χ4n) is 6.67. The number of carbonyl (C=O) groups excluding carboxylic acids is 3. The summed E-state index contributed by atoms with van der Waals surface area (Å²) in [5.41, 5.74) is 2.61. The number of piperidine rings is 1. The van der Waals surface area contributed by atoms with Crippen LogP contribution in [-0.2, 0) is 22.5 Å². The summed E-state index contributed by atoms with van der Waals surface area (Å²) in [6.07, 6.45) is 0.165. The number of halogens is 1. The fourth-order valence-corrected chi connectivity index (χ4v) is 6.67. The number of likely N-dealkylation sites (tertiary alicyclic amines) is 1. The molecule has 8 nitrogen and oxygen atoms in total. The second-order valence-electron chi connectivity index (χ2n) is 12.8. The highest BCUT2D eigenvalue weighted by Crippen LogP contribution is 2.50. The molecule has 0 unspecified atom stereocenters. The average molecular weight is 561 g/mol. The molecule has 6 atom stereocenters. The molecule has 5 rings (SSSR count). The van der Waals surface area contributed by atoms with Crippen LogP contribution in [0.15, 0.2) is 36.4 Å². The van der Waals surface area contributed by atoms with Gasteiger partial charge in [0, 0.05) is 31.6 Å². The average Bonchev–Trinajstić information content (AvgIpc) is 3.53. The summed E-state index contributed by atoms with van der Waals surface area (Å²) in [7, 11) is 1.74. The molecule has 2 bridgehead atoms. The molecule has 216 valence electrons. The van der Waals surface area contributed by atoms with Gasteiger partial charge >= 0.3 is 6.09 Å². The SMILES string of the molecule is C[C@@H]1[C@H](C)[C@@H]2C[C@H]1[C@@H](C(=O)N[C@H](C#N)Cc1ccc(-c3ccc4c(c3)CN(C)C4=O)cc1F)N2C(=O)OC(C)(C)C. The number of hydrogen-bond donors (Lipinski definition) is 1. The van der Waals surface area contributed by atoms with E-state index in [1.54, 1.807) is 61.9 Å². The Morgan fingerprint density at radius 2 is 1.83 bits per heavy atom. The van der Waals surface area contributed by atoms with Crippen molar-refractivity contribution in [1.82, 2.24) is 15.1 Å². The normalized spacial score (nSPS) is 25.6. The van der Waals surface area contributed by atoms with Crippen molar-refractivity contribution < 1.29 is 23.5 Å². The maximum atomic E-state index is 15.3. The van der Waals surface area contributed by atoms with Crippen LogP contribution in [0.5, 0.6) is 0 Å². The van der Waals surface area contributed by atoms with Gasteiger partial charge < -0.3 is 15.0 Å². The maximum Gasteiger partial charge on any atom is 0.411 e. The summed E-state index contributed by atoms with van der Waals surface area (Å²) in [6, 6.07) is 10.6. The predicted octanol–water partition coefficient (Wildman–Crippen LogP) is 4.91. The van der Waals surface area contributed by atoms with Gasteiger partial charge in [0.1, 0.15) is 23.5 Å². The first kappa shape index (κ1) is 28.6. The van der Waals surface area contributed by atoms with E-state index in [4.69, 9.17) is 4.74 Å². The third kappa shape index (κ3) is 5.28. The zero-order valence-electron chi connectivity index (χ0n) is 24.4. The minimum absolute atomic E-state index is 0.0168. The van der Waals surface area contributed by atoms with Crippen LogP contribution in [0.1, 0.15) is 62.5 Å². The second kappa shape index (κ2) is 10.5. The fraction of sp³-hybridized carbons (Fsp3) is 0.500. The number of benzene rings is 2. The molecule has 3 aliphatic rings. The van der Waals surface area contributed by atoms with Crippen LogP contribution >= 0.6 is 0 Å². The highest BCUT2D eigenvalue weighted by atomic mass is 19.1. The van der Waals surface area contributed by atoms with Gasteiger partial charge in [0.25, 0.3) is 5.91 Å². The van der Waals surface area contributed by atoms with Gasteiger partial charge in [-0.1, -0.05) is 32.0 Å². The molecule has 0 aromatic heterocycles. The third-order valence-electron chi connectivity index (χ3n) is 8.93. The quantitative estimate of drug-likeness (QED) is 0.560. The van der Waals surface area contributed by atoms with E-state index in [-0.39, 0.29) is 36.1 Å². The van der Waals surface area contributed by atoms with Crippen molar-refractivity contribution in [3.05, 3.63) is 58.9 Å². The van der Waals surface area contributed by atoms with Crippen LogP contribution in [0.3, 0.4) is 0 Å². The molecule has 1 saturated heterocycles. The maximum absolute atomic E-state index is 15.3. The summed E-state index contributed by atoms with van der Waals surface area (Å²) in [5.74, 6) is -0.505. The van der Waals surface area contributed by atoms with Crippen LogP contribution in [-0.4, -0.2) is 58.5 Å². The Kier molecular flexibility index (Phi) is 7.31. The highest BCUT2D eigenvalue weighted by Gasteiger charge is 2.58. The highest BCUT2D eigenvalue weighted by molar-refractivity contribution is 5.98. The van der Waals surface area contributed by atoms with Gasteiger partial charge in [-0.3, -0.25) is 14.5 Å². The van der Waals surface area contributed by atoms with Gasteiger partial charge in [-0.25, -0.2) is 9.18 Å². The lowest BCUT2D eigenvalue weighted by atomic mass is 9.83. The van der Waals surface area contributed by atoms with Gasteiger partial charge in [-0.05, 0) is 85.4 Å². The van der Waals surface area contributed by atoms with Crippen LogP contribution in [0.4, 0.5) is 9.18 Å². The monoisotopic (exact) mass is 560 g/mol. The van der Waals surface area contributed by atoms with Crippen molar-refractivity contribution >= 4 is 17.9 Å². The lowest BCUT2D eigenvalue weighted by molar-refractivity contribution is -0.130. The van der Waals surface area contributed by atoms with Gasteiger partial charge in [-0.2, -0.15) is 5.26 Å². The predicted molar refractivity (Wildman–Crippen MR) is 151 cm³/mol. The Hall–Kier alpha value is -3.93. The van der Waals surface area contributed by atoms with Crippen LogP contribution in [0.25, 0.3) is 11.1 Å². The molecule has 2 aliphatic heterocycles. The summed E-state index contributed by atoms with van der Waals surface area (Å²) in [4.78, 5) is 42.1. The lowest BCUT2D eigenvalue weighted by Gasteiger charge is -2.41. The van der Waals surface area contributed by atoms with E-state index in [2.05, 4.69) is 25.2 Å². The van der Waals surface area contributed by atoms with Crippen LogP contribution in [0, 0.1) is 34.9 Å². The number of ether oxygens (including phenoxy) is 1. The van der Waals surface area contributed by atoms with Crippen molar-refractivity contribution in [3.8, 4) is 17.2 Å². The minimum atomic E-state index is -0.975. The first-order chi connectivity index (χ1) is 19.3. The third-order valence-corrected chi connectivity index (χ3v) is 8.93. The molecule has 1 aliphatic carbocycles. The molecule has 2 fully saturated rings. The number of carbonyl (C=O) groups is 3. The molecular formula is C32H37FN4O4. The van der Waals surface area contributed by atoms with E-state index in [9.17, 15) is 19.6 Å². The zero-order valence-corrected chi connectivity index (χ0v) is 24.4. The molecule has 3 amide bonds. The van der Waals surface area contributed by atoms with Gasteiger partial charge in [-0.15, -0.1) is 0 Å². The van der Waals surface area contributed by atoms with Crippen molar-refractivity contribution in [2.45, 2.75) is 77.7 Å². The van der Waals surface area contributed by atoms with Crippen LogP contribution < -0.4 is 5.32 Å². The Labute approximate surface area is 240 Å². The van der Waals surface area contributed by atoms with E-state index in [1.165, 1.54) is 6.07 Å². The number of nitrogens with zero attached hydrogens (tertiary/aromatic N) is 3. The molecular weight excluding hydrogens is 523 g/mol. The molecule has 41 heavy (non-hydrogen) atoms. The van der Waals surface area contributed by atoms with Crippen molar-refractivity contribution in [2.75, 3.05) is 7.05 Å². The van der Waals surface area contributed by atoms with E-state index >= 15 is 4.39 Å². The molecule has 2 aromatic rings. The van der Waals surface area contributed by atoms with Gasteiger partial charge in [0.05, 0.1) is 6.07 Å². The number of hydrogen-bond acceptors (Lipinski definition) is 5. The van der Waals surface area contributed by atoms with Gasteiger partial charge in [0.15, 0.2) is 0 Å². The van der Waals surface area contributed by atoms with Crippen molar-refractivity contribution in [1.29, 1.82) is 5.26 Å². The molecule has 1 saturated carbocycles. The zero-order chi connectivity index (χ0) is 29.8. The molecule has 9 heteroatoms. The van der Waals surface area contributed by atoms with E-state index in [1.807, 2.05) is 6.07 Å². The topological polar surface area (TPSA) is 103 Å².